The summed E-state index contributed by atoms with van der Waals surface area (Å²) < 4.78 is 0. The predicted molar refractivity (Wildman–Crippen MR) is 71.4 cm³/mol. The average Bonchev–Trinajstić information content (AvgIpc) is 2.76. The molecule has 2 nitrogen and oxygen atoms in total. The van der Waals surface area contributed by atoms with Gasteiger partial charge >= 0.3 is 0 Å². The Morgan fingerprint density at radius 1 is 1.35 bits per heavy atom. The SMILES string of the molecule is CC(C)(C)C(=O)C1=NCCC1C1=CCCCC1. The Bertz CT molecular complexity index is 371. The smallest absolute Gasteiger partial charge is 0.182 e. The molecule has 0 saturated carbocycles. The monoisotopic (exact) mass is 233 g/mol. The number of Topliss-reactive ketones (excluding diaryl/α,β-unsaturated/α-hetero) is 1. The summed E-state index contributed by atoms with van der Waals surface area (Å²) in [6.45, 7) is 6.80. The van der Waals surface area contributed by atoms with Crippen LogP contribution in [0.3, 0.4) is 0 Å². The van der Waals surface area contributed by atoms with E-state index in [2.05, 4.69) is 11.1 Å². The van der Waals surface area contributed by atoms with E-state index in [1.165, 1.54) is 31.3 Å². The van der Waals surface area contributed by atoms with Crippen LogP contribution in [0.15, 0.2) is 16.6 Å². The molecule has 0 aromatic heterocycles. The lowest BCUT2D eigenvalue weighted by Gasteiger charge is -2.24. The molecule has 0 amide bonds. The third-order valence-corrected chi connectivity index (χ3v) is 3.72. The molecule has 1 heterocycles. The normalized spacial score (nSPS) is 25.5. The number of hydrogen-bond donors (Lipinski definition) is 0. The van der Waals surface area contributed by atoms with Crippen LogP contribution in [0.5, 0.6) is 0 Å². The van der Waals surface area contributed by atoms with Crippen molar-refractivity contribution in [3.8, 4) is 0 Å². The molecule has 94 valence electrons. The van der Waals surface area contributed by atoms with E-state index in [1.807, 2.05) is 20.8 Å². The van der Waals surface area contributed by atoms with Crippen LogP contribution in [0.2, 0.25) is 0 Å². The Morgan fingerprint density at radius 3 is 2.71 bits per heavy atom. The molecule has 2 aliphatic rings. The lowest BCUT2D eigenvalue weighted by atomic mass is 9.79. The van der Waals surface area contributed by atoms with Gasteiger partial charge in [-0.3, -0.25) is 9.79 Å². The first-order chi connectivity index (χ1) is 8.00. The van der Waals surface area contributed by atoms with Crippen LogP contribution < -0.4 is 0 Å². The number of ketones is 1. The standard InChI is InChI=1S/C15H23NO/c1-15(2,3)14(17)13-12(9-10-16-13)11-7-5-4-6-8-11/h7,12H,4-6,8-10H2,1-3H3. The highest BCUT2D eigenvalue weighted by Gasteiger charge is 2.35. The second-order valence-electron chi connectivity index (χ2n) is 6.21. The molecule has 0 spiro atoms. The van der Waals surface area contributed by atoms with E-state index in [-0.39, 0.29) is 11.2 Å². The topological polar surface area (TPSA) is 29.4 Å². The van der Waals surface area contributed by atoms with Crippen molar-refractivity contribution in [1.29, 1.82) is 0 Å². The minimum Gasteiger partial charge on any atom is -0.292 e. The minimum absolute atomic E-state index is 0.242. The van der Waals surface area contributed by atoms with Gasteiger partial charge in [0.15, 0.2) is 5.78 Å². The van der Waals surface area contributed by atoms with E-state index in [0.29, 0.717) is 5.92 Å². The summed E-state index contributed by atoms with van der Waals surface area (Å²) in [6, 6.07) is 0. The van der Waals surface area contributed by atoms with Crippen molar-refractivity contribution in [2.45, 2.75) is 52.9 Å². The van der Waals surface area contributed by atoms with Crippen LogP contribution in [0, 0.1) is 11.3 Å². The van der Waals surface area contributed by atoms with Crippen LogP contribution in [0.4, 0.5) is 0 Å². The van der Waals surface area contributed by atoms with Crippen molar-refractivity contribution < 1.29 is 4.79 Å². The van der Waals surface area contributed by atoms with E-state index >= 15 is 0 Å². The molecule has 0 N–H and O–H groups in total. The van der Waals surface area contributed by atoms with Gasteiger partial charge in [0.25, 0.3) is 0 Å². The first kappa shape index (κ1) is 12.5. The molecule has 1 atom stereocenters. The molecular formula is C15H23NO. The maximum Gasteiger partial charge on any atom is 0.182 e. The molecular weight excluding hydrogens is 210 g/mol. The first-order valence-electron chi connectivity index (χ1n) is 6.78. The highest BCUT2D eigenvalue weighted by molar-refractivity contribution is 6.43. The summed E-state index contributed by atoms with van der Waals surface area (Å²) >= 11 is 0. The lowest BCUT2D eigenvalue weighted by molar-refractivity contribution is -0.119. The number of allylic oxidation sites excluding steroid dienone is 2. The molecule has 0 saturated heterocycles. The lowest BCUT2D eigenvalue weighted by Crippen LogP contribution is -2.32. The Morgan fingerprint density at radius 2 is 2.12 bits per heavy atom. The van der Waals surface area contributed by atoms with Crippen LogP contribution >= 0.6 is 0 Å². The molecule has 2 heteroatoms. The van der Waals surface area contributed by atoms with Crippen molar-refractivity contribution >= 4 is 11.5 Å². The van der Waals surface area contributed by atoms with Gasteiger partial charge in [0, 0.05) is 17.9 Å². The molecule has 0 aromatic rings. The van der Waals surface area contributed by atoms with Gasteiger partial charge in [0.05, 0.1) is 5.71 Å². The Kier molecular flexibility index (Phi) is 3.50. The van der Waals surface area contributed by atoms with Gasteiger partial charge in [-0.05, 0) is 32.1 Å². The van der Waals surface area contributed by atoms with Crippen LogP contribution in [-0.4, -0.2) is 18.0 Å². The van der Waals surface area contributed by atoms with Crippen LogP contribution in [-0.2, 0) is 4.79 Å². The second-order valence-corrected chi connectivity index (χ2v) is 6.21. The quantitative estimate of drug-likeness (QED) is 0.670. The molecule has 0 fully saturated rings. The van der Waals surface area contributed by atoms with Crippen molar-refractivity contribution in [3.63, 3.8) is 0 Å². The summed E-state index contributed by atoms with van der Waals surface area (Å²) in [7, 11) is 0. The second kappa shape index (κ2) is 4.75. The summed E-state index contributed by atoms with van der Waals surface area (Å²) in [6.07, 6.45) is 8.33. The number of rotatable bonds is 2. The van der Waals surface area contributed by atoms with Crippen molar-refractivity contribution in [3.05, 3.63) is 11.6 Å². The molecule has 0 aromatic carbocycles. The Hall–Kier alpha value is -0.920. The minimum atomic E-state index is -0.295. The van der Waals surface area contributed by atoms with E-state index in [1.54, 1.807) is 0 Å². The molecule has 1 aliphatic carbocycles. The Balaban J connectivity index is 2.17. The van der Waals surface area contributed by atoms with Gasteiger partial charge in [-0.2, -0.15) is 0 Å². The number of hydrogen-bond acceptors (Lipinski definition) is 2. The third kappa shape index (κ3) is 2.67. The van der Waals surface area contributed by atoms with Crippen LogP contribution in [0.25, 0.3) is 0 Å². The maximum absolute atomic E-state index is 12.4. The van der Waals surface area contributed by atoms with Crippen molar-refractivity contribution in [2.24, 2.45) is 16.3 Å². The molecule has 0 radical (unpaired) electrons. The largest absolute Gasteiger partial charge is 0.292 e. The zero-order chi connectivity index (χ0) is 12.5. The van der Waals surface area contributed by atoms with Crippen LogP contribution in [0.1, 0.15) is 52.9 Å². The summed E-state index contributed by atoms with van der Waals surface area (Å²) in [5.74, 6) is 0.577. The summed E-state index contributed by atoms with van der Waals surface area (Å²) in [5.41, 5.74) is 2.03. The third-order valence-electron chi connectivity index (χ3n) is 3.72. The van der Waals surface area contributed by atoms with E-state index in [4.69, 9.17) is 0 Å². The maximum atomic E-state index is 12.4. The summed E-state index contributed by atoms with van der Waals surface area (Å²) in [4.78, 5) is 16.8. The zero-order valence-corrected chi connectivity index (χ0v) is 11.3. The van der Waals surface area contributed by atoms with Gasteiger partial charge in [-0.15, -0.1) is 0 Å². The molecule has 0 bridgehead atoms. The van der Waals surface area contributed by atoms with Gasteiger partial charge in [-0.1, -0.05) is 32.4 Å². The zero-order valence-electron chi connectivity index (χ0n) is 11.3. The van der Waals surface area contributed by atoms with E-state index in [0.717, 1.165) is 18.7 Å². The van der Waals surface area contributed by atoms with E-state index < -0.39 is 0 Å². The highest BCUT2D eigenvalue weighted by Crippen LogP contribution is 2.33. The van der Waals surface area contributed by atoms with Crippen molar-refractivity contribution in [1.82, 2.24) is 0 Å². The molecule has 17 heavy (non-hydrogen) atoms. The van der Waals surface area contributed by atoms with E-state index in [9.17, 15) is 4.79 Å². The number of nitrogens with zero attached hydrogens (tertiary/aromatic N) is 1. The summed E-state index contributed by atoms with van der Waals surface area (Å²) in [5, 5.41) is 0. The first-order valence-corrected chi connectivity index (χ1v) is 6.78. The van der Waals surface area contributed by atoms with Gasteiger partial charge in [0.2, 0.25) is 0 Å². The fourth-order valence-corrected chi connectivity index (χ4v) is 2.72. The van der Waals surface area contributed by atoms with Gasteiger partial charge < -0.3 is 0 Å². The Labute approximate surface area is 104 Å². The number of aliphatic imine (C=N–C) groups is 1. The molecule has 1 aliphatic heterocycles. The average molecular weight is 233 g/mol. The fourth-order valence-electron chi connectivity index (χ4n) is 2.72. The highest BCUT2D eigenvalue weighted by atomic mass is 16.1. The van der Waals surface area contributed by atoms with Gasteiger partial charge in [-0.25, -0.2) is 0 Å². The molecule has 1 unspecified atom stereocenters. The van der Waals surface area contributed by atoms with Crippen molar-refractivity contribution in [2.75, 3.05) is 6.54 Å². The number of carbonyl (C=O) groups excluding carboxylic acids is 1. The predicted octanol–water partition coefficient (Wildman–Crippen LogP) is 3.56. The number of carbonyl (C=O) groups is 1. The van der Waals surface area contributed by atoms with Gasteiger partial charge in [0.1, 0.15) is 0 Å². The molecule has 2 rings (SSSR count). The fraction of sp³-hybridized carbons (Fsp3) is 0.733.